The Bertz CT molecular complexity index is 241. The lowest BCUT2D eigenvalue weighted by Gasteiger charge is -2.16. The van der Waals surface area contributed by atoms with E-state index in [1.807, 2.05) is 0 Å². The fourth-order valence-corrected chi connectivity index (χ4v) is 1.69. The number of aliphatic carboxylic acids is 1. The molecule has 1 rings (SSSR count). The van der Waals surface area contributed by atoms with Crippen LogP contribution >= 0.6 is 0 Å². The second-order valence-electron chi connectivity index (χ2n) is 3.59. The normalized spacial score (nSPS) is 23.3. The molecule has 0 spiro atoms. The number of carbonyl (C=O) groups is 2. The Kier molecular flexibility index (Phi) is 3.33. The molecule has 1 aliphatic rings. The second-order valence-corrected chi connectivity index (χ2v) is 3.59. The van der Waals surface area contributed by atoms with Crippen molar-refractivity contribution in [3.05, 3.63) is 0 Å². The summed E-state index contributed by atoms with van der Waals surface area (Å²) in [5, 5.41) is 8.79. The van der Waals surface area contributed by atoms with E-state index in [4.69, 9.17) is 5.11 Å². The SMILES string of the molecule is COC(=O)N1CCC(C(C)C(=O)O)C1. The number of rotatable bonds is 2. The van der Waals surface area contributed by atoms with E-state index in [1.165, 1.54) is 7.11 Å². The molecule has 1 fully saturated rings. The van der Waals surface area contributed by atoms with Crippen LogP contribution < -0.4 is 0 Å². The van der Waals surface area contributed by atoms with Crippen molar-refractivity contribution in [2.24, 2.45) is 11.8 Å². The molecule has 1 saturated heterocycles. The van der Waals surface area contributed by atoms with Crippen LogP contribution in [-0.2, 0) is 9.53 Å². The van der Waals surface area contributed by atoms with E-state index in [1.54, 1.807) is 11.8 Å². The predicted molar refractivity (Wildman–Crippen MR) is 48.9 cm³/mol. The molecule has 0 saturated carbocycles. The maximum atomic E-state index is 11.1. The first-order valence-electron chi connectivity index (χ1n) is 4.62. The fraction of sp³-hybridized carbons (Fsp3) is 0.778. The lowest BCUT2D eigenvalue weighted by molar-refractivity contribution is -0.142. The Morgan fingerprint density at radius 3 is 2.71 bits per heavy atom. The summed E-state index contributed by atoms with van der Waals surface area (Å²) in [6.07, 6.45) is 0.368. The molecule has 0 aromatic rings. The van der Waals surface area contributed by atoms with Gasteiger partial charge in [-0.15, -0.1) is 0 Å². The number of amides is 1. The van der Waals surface area contributed by atoms with Crippen LogP contribution in [-0.4, -0.2) is 42.3 Å². The van der Waals surface area contributed by atoms with Gasteiger partial charge in [0, 0.05) is 13.1 Å². The molecule has 5 nitrogen and oxygen atoms in total. The maximum absolute atomic E-state index is 11.1. The van der Waals surface area contributed by atoms with Crippen LogP contribution in [0.15, 0.2) is 0 Å². The van der Waals surface area contributed by atoms with Crippen LogP contribution in [0.5, 0.6) is 0 Å². The first-order chi connectivity index (χ1) is 6.56. The molecule has 1 aliphatic heterocycles. The first-order valence-corrected chi connectivity index (χ1v) is 4.62. The number of hydrogen-bond donors (Lipinski definition) is 1. The Balaban J connectivity index is 2.49. The minimum absolute atomic E-state index is 0.0478. The Morgan fingerprint density at radius 2 is 2.21 bits per heavy atom. The molecule has 1 N–H and O–H groups in total. The number of carboxylic acid groups (broad SMARTS) is 1. The average molecular weight is 201 g/mol. The van der Waals surface area contributed by atoms with Crippen LogP contribution in [0.3, 0.4) is 0 Å². The molecule has 80 valence electrons. The number of ether oxygens (including phenoxy) is 1. The van der Waals surface area contributed by atoms with Crippen molar-refractivity contribution in [1.29, 1.82) is 0 Å². The molecule has 0 bridgehead atoms. The molecular formula is C9H15NO4. The molecule has 0 aromatic carbocycles. The lowest BCUT2D eigenvalue weighted by Crippen LogP contribution is -2.30. The fourth-order valence-electron chi connectivity index (χ4n) is 1.69. The molecule has 5 heteroatoms. The maximum Gasteiger partial charge on any atom is 0.409 e. The summed E-state index contributed by atoms with van der Waals surface area (Å²) >= 11 is 0. The van der Waals surface area contributed by atoms with Crippen LogP contribution in [0.25, 0.3) is 0 Å². The van der Waals surface area contributed by atoms with E-state index < -0.39 is 11.9 Å². The van der Waals surface area contributed by atoms with E-state index in [0.29, 0.717) is 13.1 Å². The number of likely N-dealkylation sites (tertiary alicyclic amines) is 1. The summed E-state index contributed by atoms with van der Waals surface area (Å²) in [7, 11) is 1.33. The van der Waals surface area contributed by atoms with Crippen molar-refractivity contribution in [1.82, 2.24) is 4.90 Å². The topological polar surface area (TPSA) is 66.8 Å². The summed E-state index contributed by atoms with van der Waals surface area (Å²) in [5.74, 6) is -1.15. The van der Waals surface area contributed by atoms with Gasteiger partial charge in [-0.05, 0) is 12.3 Å². The highest BCUT2D eigenvalue weighted by atomic mass is 16.5. The van der Waals surface area contributed by atoms with Gasteiger partial charge in [0.25, 0.3) is 0 Å². The van der Waals surface area contributed by atoms with Gasteiger partial charge in [0.05, 0.1) is 13.0 Å². The molecule has 2 unspecified atom stereocenters. The summed E-state index contributed by atoms with van der Waals surface area (Å²) < 4.78 is 4.56. The third-order valence-corrected chi connectivity index (χ3v) is 2.75. The zero-order valence-electron chi connectivity index (χ0n) is 8.40. The Hall–Kier alpha value is -1.26. The van der Waals surface area contributed by atoms with Crippen molar-refractivity contribution in [3.8, 4) is 0 Å². The number of nitrogens with zero attached hydrogens (tertiary/aromatic N) is 1. The monoisotopic (exact) mass is 201 g/mol. The summed E-state index contributed by atoms with van der Waals surface area (Å²) in [6.45, 7) is 2.75. The van der Waals surface area contributed by atoms with Crippen LogP contribution in [0.1, 0.15) is 13.3 Å². The highest BCUT2D eigenvalue weighted by molar-refractivity contribution is 5.71. The van der Waals surface area contributed by atoms with Gasteiger partial charge in [0.2, 0.25) is 0 Å². The molecule has 1 amide bonds. The average Bonchev–Trinajstić information content (AvgIpc) is 2.64. The van der Waals surface area contributed by atoms with Gasteiger partial charge in [-0.1, -0.05) is 6.92 Å². The van der Waals surface area contributed by atoms with Crippen molar-refractivity contribution in [3.63, 3.8) is 0 Å². The van der Waals surface area contributed by atoms with Crippen molar-refractivity contribution in [2.75, 3.05) is 20.2 Å². The molecule has 0 radical (unpaired) electrons. The standard InChI is InChI=1S/C9H15NO4/c1-6(8(11)12)7-3-4-10(5-7)9(13)14-2/h6-7H,3-5H2,1-2H3,(H,11,12). The largest absolute Gasteiger partial charge is 0.481 e. The summed E-state index contributed by atoms with van der Waals surface area (Å²) in [4.78, 5) is 23.4. The van der Waals surface area contributed by atoms with Crippen molar-refractivity contribution < 1.29 is 19.4 Å². The number of carbonyl (C=O) groups excluding carboxylic acids is 1. The zero-order valence-corrected chi connectivity index (χ0v) is 8.40. The van der Waals surface area contributed by atoms with E-state index in [-0.39, 0.29) is 12.0 Å². The molecule has 1 heterocycles. The van der Waals surface area contributed by atoms with Crippen LogP contribution in [0.2, 0.25) is 0 Å². The smallest absolute Gasteiger partial charge is 0.409 e. The van der Waals surface area contributed by atoms with Gasteiger partial charge in [0.1, 0.15) is 0 Å². The Morgan fingerprint density at radius 1 is 1.57 bits per heavy atom. The minimum atomic E-state index is -0.804. The van der Waals surface area contributed by atoms with Crippen LogP contribution in [0, 0.1) is 11.8 Å². The van der Waals surface area contributed by atoms with Crippen molar-refractivity contribution >= 4 is 12.1 Å². The van der Waals surface area contributed by atoms with E-state index >= 15 is 0 Å². The van der Waals surface area contributed by atoms with Gasteiger partial charge in [-0.2, -0.15) is 0 Å². The molecule has 2 atom stereocenters. The first kappa shape index (κ1) is 10.8. The highest BCUT2D eigenvalue weighted by Crippen LogP contribution is 2.24. The van der Waals surface area contributed by atoms with Gasteiger partial charge < -0.3 is 14.7 Å². The molecule has 0 aliphatic carbocycles. The Labute approximate surface area is 82.6 Å². The summed E-state index contributed by atoms with van der Waals surface area (Å²) in [5.41, 5.74) is 0. The molecule has 0 aromatic heterocycles. The lowest BCUT2D eigenvalue weighted by atomic mass is 9.94. The number of hydrogen-bond acceptors (Lipinski definition) is 3. The van der Waals surface area contributed by atoms with Gasteiger partial charge in [-0.3, -0.25) is 4.79 Å². The molecule has 14 heavy (non-hydrogen) atoms. The minimum Gasteiger partial charge on any atom is -0.481 e. The van der Waals surface area contributed by atoms with E-state index in [2.05, 4.69) is 4.74 Å². The number of carboxylic acids is 1. The quantitative estimate of drug-likeness (QED) is 0.717. The van der Waals surface area contributed by atoms with E-state index in [9.17, 15) is 9.59 Å². The van der Waals surface area contributed by atoms with Crippen molar-refractivity contribution in [2.45, 2.75) is 13.3 Å². The van der Waals surface area contributed by atoms with Gasteiger partial charge in [0.15, 0.2) is 0 Å². The van der Waals surface area contributed by atoms with Gasteiger partial charge >= 0.3 is 12.1 Å². The zero-order chi connectivity index (χ0) is 10.7. The third kappa shape index (κ3) is 2.16. The van der Waals surface area contributed by atoms with Gasteiger partial charge in [-0.25, -0.2) is 4.79 Å². The third-order valence-electron chi connectivity index (χ3n) is 2.75. The second kappa shape index (κ2) is 4.30. The highest BCUT2D eigenvalue weighted by Gasteiger charge is 2.33. The molecular weight excluding hydrogens is 186 g/mol. The van der Waals surface area contributed by atoms with E-state index in [0.717, 1.165) is 6.42 Å². The predicted octanol–water partition coefficient (Wildman–Crippen LogP) is 0.795. The van der Waals surface area contributed by atoms with Crippen LogP contribution in [0.4, 0.5) is 4.79 Å². The summed E-state index contributed by atoms with van der Waals surface area (Å²) in [6, 6.07) is 0. The number of methoxy groups -OCH3 is 1.